The summed E-state index contributed by atoms with van der Waals surface area (Å²) in [5.41, 5.74) is 2.36. The largest absolute Gasteiger partial charge is 0.496 e. The van der Waals surface area contributed by atoms with E-state index in [-0.39, 0.29) is 6.42 Å². The van der Waals surface area contributed by atoms with Gasteiger partial charge in [0.15, 0.2) is 0 Å². The van der Waals surface area contributed by atoms with Crippen LogP contribution < -0.4 is 4.74 Å². The minimum atomic E-state index is -0.728. The van der Waals surface area contributed by atoms with Crippen molar-refractivity contribution in [2.75, 3.05) is 7.11 Å². The lowest BCUT2D eigenvalue weighted by Crippen LogP contribution is -2.01. The van der Waals surface area contributed by atoms with Crippen molar-refractivity contribution in [3.8, 4) is 5.75 Å². The van der Waals surface area contributed by atoms with Crippen LogP contribution in [0.15, 0.2) is 18.2 Å². The van der Waals surface area contributed by atoms with Crippen molar-refractivity contribution < 1.29 is 14.6 Å². The van der Waals surface area contributed by atoms with E-state index in [0.717, 1.165) is 17.7 Å². The number of carbonyl (C=O) groups is 1. The second kappa shape index (κ2) is 6.28. The van der Waals surface area contributed by atoms with E-state index >= 15 is 0 Å². The molecule has 0 saturated carbocycles. The van der Waals surface area contributed by atoms with Crippen molar-refractivity contribution in [1.29, 1.82) is 0 Å². The molecular formula is C14H20O3. The number of ether oxygens (including phenoxy) is 1. The van der Waals surface area contributed by atoms with Gasteiger partial charge in [0, 0.05) is 6.42 Å². The van der Waals surface area contributed by atoms with Crippen LogP contribution in [0, 0.1) is 6.92 Å². The van der Waals surface area contributed by atoms with E-state index in [2.05, 4.69) is 13.0 Å². The number of hydrogen-bond acceptors (Lipinski definition) is 2. The van der Waals surface area contributed by atoms with Gasteiger partial charge in [-0.15, -0.1) is 0 Å². The second-order valence-electron chi connectivity index (χ2n) is 4.43. The SMILES string of the molecule is COc1ccc(C)cc1C(C)CCCC(=O)O. The lowest BCUT2D eigenvalue weighted by atomic mass is 9.93. The van der Waals surface area contributed by atoms with E-state index in [1.807, 2.05) is 19.1 Å². The zero-order valence-corrected chi connectivity index (χ0v) is 10.7. The van der Waals surface area contributed by atoms with E-state index in [0.29, 0.717) is 12.3 Å². The highest BCUT2D eigenvalue weighted by Gasteiger charge is 2.12. The van der Waals surface area contributed by atoms with Gasteiger partial charge in [0.05, 0.1) is 7.11 Å². The van der Waals surface area contributed by atoms with Crippen molar-refractivity contribution in [3.63, 3.8) is 0 Å². The zero-order valence-electron chi connectivity index (χ0n) is 10.7. The molecule has 1 rings (SSSR count). The van der Waals surface area contributed by atoms with Gasteiger partial charge < -0.3 is 9.84 Å². The summed E-state index contributed by atoms with van der Waals surface area (Å²) >= 11 is 0. The Bertz CT molecular complexity index is 385. The average Bonchev–Trinajstić information content (AvgIpc) is 2.28. The van der Waals surface area contributed by atoms with E-state index in [1.165, 1.54) is 5.56 Å². The fourth-order valence-electron chi connectivity index (χ4n) is 1.95. The predicted octanol–water partition coefficient (Wildman–Crippen LogP) is 3.36. The fourth-order valence-corrected chi connectivity index (χ4v) is 1.95. The Kier molecular flexibility index (Phi) is 5.01. The molecule has 1 aromatic carbocycles. The number of aliphatic carboxylic acids is 1. The molecule has 3 nitrogen and oxygen atoms in total. The van der Waals surface area contributed by atoms with Gasteiger partial charge in [-0.1, -0.05) is 24.6 Å². The molecule has 0 aromatic heterocycles. The molecule has 0 fully saturated rings. The summed E-state index contributed by atoms with van der Waals surface area (Å²) < 4.78 is 5.33. The summed E-state index contributed by atoms with van der Waals surface area (Å²) in [6.07, 6.45) is 1.80. The third-order valence-electron chi connectivity index (χ3n) is 2.94. The molecule has 0 amide bonds. The summed E-state index contributed by atoms with van der Waals surface area (Å²) in [7, 11) is 1.66. The Hall–Kier alpha value is -1.51. The van der Waals surface area contributed by atoms with Crippen molar-refractivity contribution in [2.24, 2.45) is 0 Å². The number of hydrogen-bond donors (Lipinski definition) is 1. The summed E-state index contributed by atoms with van der Waals surface area (Å²) in [6.45, 7) is 4.16. The molecular weight excluding hydrogens is 216 g/mol. The van der Waals surface area contributed by atoms with Crippen LogP contribution in [0.4, 0.5) is 0 Å². The van der Waals surface area contributed by atoms with Crippen LogP contribution >= 0.6 is 0 Å². The Morgan fingerprint density at radius 2 is 2.18 bits per heavy atom. The monoisotopic (exact) mass is 236 g/mol. The number of benzene rings is 1. The molecule has 1 N–H and O–H groups in total. The van der Waals surface area contributed by atoms with Gasteiger partial charge in [-0.05, 0) is 37.3 Å². The van der Waals surface area contributed by atoms with Crippen LogP contribution in [0.3, 0.4) is 0 Å². The van der Waals surface area contributed by atoms with Gasteiger partial charge in [-0.3, -0.25) is 4.79 Å². The Morgan fingerprint density at radius 3 is 2.76 bits per heavy atom. The molecule has 0 aliphatic rings. The van der Waals surface area contributed by atoms with Crippen LogP contribution in [-0.4, -0.2) is 18.2 Å². The molecule has 1 atom stereocenters. The number of carboxylic acid groups (broad SMARTS) is 1. The van der Waals surface area contributed by atoms with Gasteiger partial charge in [0.1, 0.15) is 5.75 Å². The van der Waals surface area contributed by atoms with Crippen molar-refractivity contribution in [1.82, 2.24) is 0 Å². The average molecular weight is 236 g/mol. The standard InChI is InChI=1S/C14H20O3/c1-10-7-8-13(17-3)12(9-10)11(2)5-4-6-14(15)16/h7-9,11H,4-6H2,1-3H3,(H,15,16). The molecule has 1 aromatic rings. The van der Waals surface area contributed by atoms with Gasteiger partial charge in [0.25, 0.3) is 0 Å². The molecule has 0 saturated heterocycles. The minimum absolute atomic E-state index is 0.235. The number of aryl methyl sites for hydroxylation is 1. The summed E-state index contributed by atoms with van der Waals surface area (Å²) in [4.78, 5) is 10.5. The molecule has 17 heavy (non-hydrogen) atoms. The summed E-state index contributed by atoms with van der Waals surface area (Å²) in [5, 5.41) is 8.62. The van der Waals surface area contributed by atoms with Crippen molar-refractivity contribution >= 4 is 5.97 Å². The van der Waals surface area contributed by atoms with Crippen LogP contribution in [0.25, 0.3) is 0 Å². The molecule has 0 bridgehead atoms. The first-order valence-electron chi connectivity index (χ1n) is 5.91. The maximum atomic E-state index is 10.5. The minimum Gasteiger partial charge on any atom is -0.496 e. The Labute approximate surface area is 102 Å². The number of methoxy groups -OCH3 is 1. The smallest absolute Gasteiger partial charge is 0.303 e. The molecule has 0 heterocycles. The van der Waals surface area contributed by atoms with Gasteiger partial charge in [0.2, 0.25) is 0 Å². The lowest BCUT2D eigenvalue weighted by Gasteiger charge is -2.16. The first-order valence-corrected chi connectivity index (χ1v) is 5.91. The zero-order chi connectivity index (χ0) is 12.8. The lowest BCUT2D eigenvalue weighted by molar-refractivity contribution is -0.137. The van der Waals surface area contributed by atoms with E-state index in [4.69, 9.17) is 9.84 Å². The van der Waals surface area contributed by atoms with Crippen LogP contribution in [0.5, 0.6) is 5.75 Å². The molecule has 1 unspecified atom stereocenters. The van der Waals surface area contributed by atoms with Crippen molar-refractivity contribution in [2.45, 2.75) is 39.0 Å². The third kappa shape index (κ3) is 4.10. The number of carboxylic acids is 1. The predicted molar refractivity (Wildman–Crippen MR) is 67.6 cm³/mol. The fraction of sp³-hybridized carbons (Fsp3) is 0.500. The number of rotatable bonds is 6. The molecule has 94 valence electrons. The van der Waals surface area contributed by atoms with E-state index in [1.54, 1.807) is 7.11 Å². The van der Waals surface area contributed by atoms with Gasteiger partial charge in [-0.2, -0.15) is 0 Å². The molecule has 0 radical (unpaired) electrons. The quantitative estimate of drug-likeness (QED) is 0.823. The van der Waals surface area contributed by atoms with Gasteiger partial charge in [-0.25, -0.2) is 0 Å². The van der Waals surface area contributed by atoms with E-state index < -0.39 is 5.97 Å². The topological polar surface area (TPSA) is 46.5 Å². The van der Waals surface area contributed by atoms with Crippen LogP contribution in [0.1, 0.15) is 43.2 Å². The highest BCUT2D eigenvalue weighted by atomic mass is 16.5. The highest BCUT2D eigenvalue weighted by Crippen LogP contribution is 2.30. The first-order chi connectivity index (χ1) is 8.04. The third-order valence-corrected chi connectivity index (χ3v) is 2.94. The molecule has 0 aliphatic heterocycles. The van der Waals surface area contributed by atoms with Crippen LogP contribution in [0.2, 0.25) is 0 Å². The normalized spacial score (nSPS) is 12.2. The highest BCUT2D eigenvalue weighted by molar-refractivity contribution is 5.66. The maximum absolute atomic E-state index is 10.5. The summed E-state index contributed by atoms with van der Waals surface area (Å²) in [6, 6.07) is 6.11. The van der Waals surface area contributed by atoms with Gasteiger partial charge >= 0.3 is 5.97 Å². The second-order valence-corrected chi connectivity index (χ2v) is 4.43. The maximum Gasteiger partial charge on any atom is 0.303 e. The Balaban J connectivity index is 2.69. The molecule has 3 heteroatoms. The Morgan fingerprint density at radius 1 is 1.47 bits per heavy atom. The molecule has 0 aliphatic carbocycles. The first kappa shape index (κ1) is 13.6. The summed E-state index contributed by atoms with van der Waals surface area (Å²) in [5.74, 6) is 0.482. The van der Waals surface area contributed by atoms with Crippen LogP contribution in [-0.2, 0) is 4.79 Å². The van der Waals surface area contributed by atoms with E-state index in [9.17, 15) is 4.79 Å². The molecule has 0 spiro atoms. The van der Waals surface area contributed by atoms with Crippen molar-refractivity contribution in [3.05, 3.63) is 29.3 Å².